The fraction of sp³-hybridized carbons (Fsp3) is 0.800. The third-order valence-electron chi connectivity index (χ3n) is 11.1. The van der Waals surface area contributed by atoms with Crippen molar-refractivity contribution in [3.8, 4) is 0 Å². The van der Waals surface area contributed by atoms with Crippen molar-refractivity contribution in [3.05, 3.63) is 23.8 Å². The Morgan fingerprint density at radius 3 is 2.22 bits per heavy atom. The van der Waals surface area contributed by atoms with Crippen molar-refractivity contribution in [2.45, 2.75) is 111 Å². The summed E-state index contributed by atoms with van der Waals surface area (Å²) in [6.45, 7) is 15.0. The molecule has 0 spiro atoms. The summed E-state index contributed by atoms with van der Waals surface area (Å²) in [5, 5.41) is 43.9. The summed E-state index contributed by atoms with van der Waals surface area (Å²) in [6.07, 6.45) is 5.55. The van der Waals surface area contributed by atoms with Crippen LogP contribution >= 0.6 is 0 Å². The molecular formula is C30H46O6. The van der Waals surface area contributed by atoms with Gasteiger partial charge in [-0.05, 0) is 83.0 Å². The Morgan fingerprint density at radius 1 is 1.03 bits per heavy atom. The lowest BCUT2D eigenvalue weighted by molar-refractivity contribution is -0.182. The van der Waals surface area contributed by atoms with E-state index in [4.69, 9.17) is 0 Å². The molecule has 0 aromatic heterocycles. The maximum absolute atomic E-state index is 14.2. The molecule has 0 radical (unpaired) electrons. The number of carbonyl (C=O) groups is 2. The van der Waals surface area contributed by atoms with Gasteiger partial charge in [0.15, 0.2) is 5.78 Å². The second-order valence-electron chi connectivity index (χ2n) is 14.3. The van der Waals surface area contributed by atoms with Gasteiger partial charge in [0.2, 0.25) is 0 Å². The highest BCUT2D eigenvalue weighted by molar-refractivity contribution is 5.94. The van der Waals surface area contributed by atoms with Gasteiger partial charge in [0.05, 0.1) is 17.3 Å². The van der Waals surface area contributed by atoms with Crippen molar-refractivity contribution in [1.82, 2.24) is 0 Å². The molecule has 6 nitrogen and oxygen atoms in total. The lowest BCUT2D eigenvalue weighted by atomic mass is 9.38. The van der Waals surface area contributed by atoms with E-state index in [-0.39, 0.29) is 42.7 Å². The van der Waals surface area contributed by atoms with Gasteiger partial charge in [0.25, 0.3) is 0 Å². The van der Waals surface area contributed by atoms with Gasteiger partial charge in [-0.25, -0.2) is 0 Å². The zero-order valence-corrected chi connectivity index (χ0v) is 23.3. The first-order valence-electron chi connectivity index (χ1n) is 13.5. The van der Waals surface area contributed by atoms with Crippen LogP contribution in [-0.2, 0) is 9.59 Å². The lowest BCUT2D eigenvalue weighted by Gasteiger charge is -2.64. The van der Waals surface area contributed by atoms with E-state index >= 15 is 0 Å². The smallest absolute Gasteiger partial charge is 0.170 e. The maximum atomic E-state index is 14.2. The lowest BCUT2D eigenvalue weighted by Crippen LogP contribution is -2.64. The number of Topliss-reactive ketones (excluding diaryl/α,β-unsaturated/α-hetero) is 2. The molecular weight excluding hydrogens is 456 g/mol. The molecule has 2 unspecified atom stereocenters. The number of rotatable bonds is 4. The van der Waals surface area contributed by atoms with Gasteiger partial charge in [-0.15, -0.1) is 0 Å². The quantitative estimate of drug-likeness (QED) is 0.435. The molecule has 0 aromatic carbocycles. The average Bonchev–Trinajstić information content (AvgIpc) is 2.91. The first-order valence-corrected chi connectivity index (χ1v) is 13.5. The first kappa shape index (κ1) is 27.7. The van der Waals surface area contributed by atoms with Crippen LogP contribution in [0, 0.1) is 39.4 Å². The average molecular weight is 503 g/mol. The SMILES string of the molecule is CC(C)(O)/C=C/C[C@](C)(O)[C@H]1[C@H](O)C[C@@]2(C)C3CC=C4C(C[C@H](O)C(=O)C4(C)C)[C@]3(C)C(=O)C[C@]12C. The monoisotopic (exact) mass is 502 g/mol. The number of hydrogen-bond donors (Lipinski definition) is 4. The molecule has 9 atom stereocenters. The van der Waals surface area contributed by atoms with Crippen molar-refractivity contribution in [2.24, 2.45) is 39.4 Å². The molecule has 0 heterocycles. The van der Waals surface area contributed by atoms with Crippen LogP contribution in [0.15, 0.2) is 23.8 Å². The van der Waals surface area contributed by atoms with E-state index in [1.165, 1.54) is 0 Å². The van der Waals surface area contributed by atoms with Crippen molar-refractivity contribution in [1.29, 1.82) is 0 Å². The van der Waals surface area contributed by atoms with E-state index in [1.807, 2.05) is 20.8 Å². The highest BCUT2D eigenvalue weighted by atomic mass is 16.3. The molecule has 0 saturated heterocycles. The minimum Gasteiger partial charge on any atom is -0.393 e. The molecule has 6 heteroatoms. The van der Waals surface area contributed by atoms with Gasteiger partial charge in [-0.1, -0.05) is 44.6 Å². The number of ketones is 2. The summed E-state index contributed by atoms with van der Waals surface area (Å²) in [5.41, 5.74) is -3.93. The van der Waals surface area contributed by atoms with Gasteiger partial charge in [0.1, 0.15) is 11.9 Å². The van der Waals surface area contributed by atoms with Crippen molar-refractivity contribution < 1.29 is 30.0 Å². The van der Waals surface area contributed by atoms with Crippen LogP contribution in [0.25, 0.3) is 0 Å². The molecule has 36 heavy (non-hydrogen) atoms. The summed E-state index contributed by atoms with van der Waals surface area (Å²) in [5.74, 6) is -0.904. The van der Waals surface area contributed by atoms with E-state index < -0.39 is 51.0 Å². The van der Waals surface area contributed by atoms with E-state index in [1.54, 1.807) is 32.9 Å². The minimum atomic E-state index is -1.27. The number of carbonyl (C=O) groups excluding carboxylic acids is 2. The summed E-state index contributed by atoms with van der Waals surface area (Å²) < 4.78 is 0. The molecule has 202 valence electrons. The Hall–Kier alpha value is -1.34. The molecule has 4 N–H and O–H groups in total. The van der Waals surface area contributed by atoms with Crippen molar-refractivity contribution in [3.63, 3.8) is 0 Å². The summed E-state index contributed by atoms with van der Waals surface area (Å²) >= 11 is 0. The molecule has 0 bridgehead atoms. The minimum absolute atomic E-state index is 0.0800. The largest absolute Gasteiger partial charge is 0.393 e. The maximum Gasteiger partial charge on any atom is 0.170 e. The molecule has 4 aliphatic carbocycles. The second-order valence-corrected chi connectivity index (χ2v) is 14.3. The molecule has 3 saturated carbocycles. The third-order valence-corrected chi connectivity index (χ3v) is 11.1. The number of aliphatic hydroxyl groups is 4. The summed E-state index contributed by atoms with van der Waals surface area (Å²) in [7, 11) is 0. The highest BCUT2D eigenvalue weighted by Crippen LogP contribution is 2.74. The normalized spacial score (nSPS) is 46.1. The van der Waals surface area contributed by atoms with Gasteiger partial charge in [0, 0.05) is 23.2 Å². The first-order chi connectivity index (χ1) is 16.2. The van der Waals surface area contributed by atoms with E-state index in [2.05, 4.69) is 19.9 Å². The zero-order chi connectivity index (χ0) is 27.3. The van der Waals surface area contributed by atoms with Gasteiger partial charge in [-0.3, -0.25) is 9.59 Å². The summed E-state index contributed by atoms with van der Waals surface area (Å²) in [6, 6.07) is 0. The molecule has 0 aliphatic heterocycles. The topological polar surface area (TPSA) is 115 Å². The van der Waals surface area contributed by atoms with Crippen LogP contribution in [0.4, 0.5) is 0 Å². The van der Waals surface area contributed by atoms with Crippen LogP contribution in [0.5, 0.6) is 0 Å². The number of fused-ring (bicyclic) bond motifs is 5. The highest BCUT2D eigenvalue weighted by Gasteiger charge is 2.73. The molecule has 4 rings (SSSR count). The van der Waals surface area contributed by atoms with Crippen LogP contribution in [0.1, 0.15) is 87.5 Å². The Balaban J connectivity index is 1.77. The molecule has 0 amide bonds. The predicted octanol–water partition coefficient (Wildman–Crippen LogP) is 3.75. The van der Waals surface area contributed by atoms with Gasteiger partial charge < -0.3 is 20.4 Å². The Labute approximate surface area is 215 Å². The Morgan fingerprint density at radius 2 is 1.64 bits per heavy atom. The standard InChI is InChI=1S/C30H46O6/c1-25(2,35)12-9-13-29(7,36)23-20(32)15-27(5)21-11-10-17-18(14-19(31)24(34)26(17,3)4)30(21,8)22(33)16-28(23,27)6/h9-10,12,18-21,23,31-32,35-36H,11,13-16H2,1-8H3/b12-9+/t18?,19-,20+,21?,23-,27-,28+,29-,30-/m0/s1. The number of allylic oxidation sites excluding steroid dienone is 2. The molecule has 0 aromatic rings. The van der Waals surface area contributed by atoms with Gasteiger partial charge >= 0.3 is 0 Å². The van der Waals surface area contributed by atoms with Crippen LogP contribution in [-0.4, -0.2) is 55.4 Å². The van der Waals surface area contributed by atoms with E-state index in [0.29, 0.717) is 12.8 Å². The summed E-state index contributed by atoms with van der Waals surface area (Å²) in [4.78, 5) is 27.0. The van der Waals surface area contributed by atoms with Crippen LogP contribution < -0.4 is 0 Å². The number of hydrogen-bond acceptors (Lipinski definition) is 6. The van der Waals surface area contributed by atoms with E-state index in [9.17, 15) is 30.0 Å². The van der Waals surface area contributed by atoms with E-state index in [0.717, 1.165) is 5.57 Å². The Kier molecular flexibility index (Phi) is 6.21. The second kappa shape index (κ2) is 8.08. The van der Waals surface area contributed by atoms with Crippen LogP contribution in [0.2, 0.25) is 0 Å². The molecule has 3 fully saturated rings. The number of aliphatic hydroxyl groups excluding tert-OH is 2. The van der Waals surface area contributed by atoms with Gasteiger partial charge in [-0.2, -0.15) is 0 Å². The third kappa shape index (κ3) is 3.65. The molecule has 4 aliphatic rings. The van der Waals surface area contributed by atoms with Crippen LogP contribution in [0.3, 0.4) is 0 Å². The van der Waals surface area contributed by atoms with Crippen molar-refractivity contribution >= 4 is 11.6 Å². The predicted molar refractivity (Wildman–Crippen MR) is 138 cm³/mol. The zero-order valence-electron chi connectivity index (χ0n) is 23.3. The fourth-order valence-electron chi connectivity index (χ4n) is 9.22. The van der Waals surface area contributed by atoms with Crippen molar-refractivity contribution in [2.75, 3.05) is 0 Å². The Bertz CT molecular complexity index is 1010. The fourth-order valence-corrected chi connectivity index (χ4v) is 9.22.